The summed E-state index contributed by atoms with van der Waals surface area (Å²) in [5.41, 5.74) is -1.62. The van der Waals surface area contributed by atoms with Crippen molar-refractivity contribution >= 4 is 0 Å². The van der Waals surface area contributed by atoms with Crippen LogP contribution >= 0.6 is 0 Å². The number of epoxide rings is 1. The van der Waals surface area contributed by atoms with Crippen LogP contribution in [-0.2, 0) is 4.74 Å². The minimum absolute atomic E-state index is 0.151. The molecule has 3 rings (SSSR count). The summed E-state index contributed by atoms with van der Waals surface area (Å²) in [6, 6.07) is 0. The number of hydrogen-bond acceptors (Lipinski definition) is 3. The Kier molecular flexibility index (Phi) is 2.51. The average molecular weight is 254 g/mol. The predicted molar refractivity (Wildman–Crippen MR) is 69.1 cm³/mol. The van der Waals surface area contributed by atoms with E-state index in [9.17, 15) is 10.2 Å². The zero-order chi connectivity index (χ0) is 13.3. The van der Waals surface area contributed by atoms with Crippen molar-refractivity contribution in [3.8, 4) is 0 Å². The molecular weight excluding hydrogens is 228 g/mol. The Hall–Kier alpha value is -0.120. The van der Waals surface area contributed by atoms with Crippen LogP contribution in [0, 0.1) is 17.8 Å². The molecule has 0 unspecified atom stereocenters. The van der Waals surface area contributed by atoms with Crippen molar-refractivity contribution < 1.29 is 14.9 Å². The first-order valence-corrected chi connectivity index (χ1v) is 7.38. The van der Waals surface area contributed by atoms with E-state index in [0.29, 0.717) is 24.2 Å². The summed E-state index contributed by atoms with van der Waals surface area (Å²) in [5, 5.41) is 21.1. The van der Waals surface area contributed by atoms with Gasteiger partial charge >= 0.3 is 0 Å². The zero-order valence-electron chi connectivity index (χ0n) is 11.9. The standard InChI is InChI=1S/C15H26O3/c1-9(2)11-6-5-10(3)14-8-7-13(4,17)12(16)15(11,14)18-14/h9-12,16-17H,5-8H2,1-4H3/t10-,11+,12-,13+,14+,15+/m1/s1. The minimum atomic E-state index is -0.996. The van der Waals surface area contributed by atoms with Gasteiger partial charge in [-0.15, -0.1) is 0 Å². The second-order valence-corrected chi connectivity index (χ2v) is 7.37. The molecule has 0 spiro atoms. The third kappa shape index (κ3) is 1.26. The number of rotatable bonds is 1. The molecule has 1 saturated heterocycles. The van der Waals surface area contributed by atoms with E-state index in [0.717, 1.165) is 12.8 Å². The van der Waals surface area contributed by atoms with Gasteiger partial charge in [-0.1, -0.05) is 20.8 Å². The first-order valence-electron chi connectivity index (χ1n) is 7.38. The van der Waals surface area contributed by atoms with Crippen molar-refractivity contribution in [1.29, 1.82) is 0 Å². The molecule has 2 N–H and O–H groups in total. The maximum atomic E-state index is 10.7. The van der Waals surface area contributed by atoms with Gasteiger partial charge < -0.3 is 14.9 Å². The Bertz CT molecular complexity index is 361. The van der Waals surface area contributed by atoms with Crippen LogP contribution in [0.5, 0.6) is 0 Å². The van der Waals surface area contributed by atoms with E-state index in [1.807, 2.05) is 0 Å². The highest BCUT2D eigenvalue weighted by Gasteiger charge is 2.83. The molecule has 1 aliphatic heterocycles. The molecule has 0 amide bonds. The van der Waals surface area contributed by atoms with E-state index in [4.69, 9.17) is 4.74 Å². The summed E-state index contributed by atoms with van der Waals surface area (Å²) in [5.74, 6) is 1.36. The van der Waals surface area contributed by atoms with Crippen molar-refractivity contribution in [3.05, 3.63) is 0 Å². The summed E-state index contributed by atoms with van der Waals surface area (Å²) >= 11 is 0. The molecule has 3 heteroatoms. The molecule has 2 aliphatic carbocycles. The molecule has 6 atom stereocenters. The topological polar surface area (TPSA) is 53.0 Å². The van der Waals surface area contributed by atoms with Crippen molar-refractivity contribution in [3.63, 3.8) is 0 Å². The van der Waals surface area contributed by atoms with Crippen LogP contribution in [-0.4, -0.2) is 33.1 Å². The van der Waals surface area contributed by atoms with Gasteiger partial charge in [-0.2, -0.15) is 0 Å². The molecule has 1 heterocycles. The van der Waals surface area contributed by atoms with Gasteiger partial charge in [0.25, 0.3) is 0 Å². The fourth-order valence-corrected chi connectivity index (χ4v) is 4.88. The summed E-state index contributed by atoms with van der Waals surface area (Å²) in [7, 11) is 0. The highest BCUT2D eigenvalue weighted by molar-refractivity contribution is 5.31. The third-order valence-electron chi connectivity index (χ3n) is 6.03. The van der Waals surface area contributed by atoms with Crippen molar-refractivity contribution in [2.24, 2.45) is 17.8 Å². The van der Waals surface area contributed by atoms with Crippen LogP contribution in [0.3, 0.4) is 0 Å². The molecule has 0 aromatic rings. The molecule has 18 heavy (non-hydrogen) atoms. The van der Waals surface area contributed by atoms with Crippen LogP contribution < -0.4 is 0 Å². The number of hydrogen-bond donors (Lipinski definition) is 2. The maximum Gasteiger partial charge on any atom is 0.130 e. The Morgan fingerprint density at radius 1 is 1.22 bits per heavy atom. The van der Waals surface area contributed by atoms with Gasteiger partial charge in [-0.05, 0) is 50.4 Å². The van der Waals surface area contributed by atoms with E-state index in [1.54, 1.807) is 6.92 Å². The van der Waals surface area contributed by atoms with E-state index < -0.39 is 17.3 Å². The first-order chi connectivity index (χ1) is 8.28. The summed E-state index contributed by atoms with van der Waals surface area (Å²) < 4.78 is 6.24. The molecule has 0 aromatic carbocycles. The quantitative estimate of drug-likeness (QED) is 0.705. The van der Waals surface area contributed by atoms with E-state index in [2.05, 4.69) is 20.8 Å². The second kappa shape index (κ2) is 3.50. The zero-order valence-corrected chi connectivity index (χ0v) is 11.9. The van der Waals surface area contributed by atoms with E-state index >= 15 is 0 Å². The number of ether oxygens (including phenoxy) is 1. The highest BCUT2D eigenvalue weighted by atomic mass is 16.6. The fourth-order valence-electron chi connectivity index (χ4n) is 4.88. The van der Waals surface area contributed by atoms with E-state index in [1.165, 1.54) is 6.42 Å². The molecule has 3 aliphatic rings. The Morgan fingerprint density at radius 2 is 1.89 bits per heavy atom. The monoisotopic (exact) mass is 254 g/mol. The Balaban J connectivity index is 2.02. The number of aliphatic hydroxyl groups is 2. The molecule has 3 nitrogen and oxygen atoms in total. The smallest absolute Gasteiger partial charge is 0.130 e. The molecule has 0 radical (unpaired) electrons. The minimum Gasteiger partial charge on any atom is -0.387 e. The fraction of sp³-hybridized carbons (Fsp3) is 1.00. The van der Waals surface area contributed by atoms with Crippen LogP contribution in [0.15, 0.2) is 0 Å². The average Bonchev–Trinajstić information content (AvgIpc) is 2.98. The van der Waals surface area contributed by atoms with Gasteiger partial charge in [0.05, 0.1) is 5.60 Å². The van der Waals surface area contributed by atoms with Gasteiger partial charge in [0, 0.05) is 0 Å². The Morgan fingerprint density at radius 3 is 2.50 bits per heavy atom. The van der Waals surface area contributed by atoms with Crippen molar-refractivity contribution in [2.75, 3.05) is 0 Å². The lowest BCUT2D eigenvalue weighted by molar-refractivity contribution is -0.135. The maximum absolute atomic E-state index is 10.7. The molecule has 3 fully saturated rings. The SMILES string of the molecule is CC(C)[C@@H]1CC[C@@H](C)[C@@]23CC[C@](C)(O)[C@@H](O)[C@@]12O3. The lowest BCUT2D eigenvalue weighted by Gasteiger charge is -2.48. The van der Waals surface area contributed by atoms with Crippen LogP contribution in [0.25, 0.3) is 0 Å². The lowest BCUT2D eigenvalue weighted by Crippen LogP contribution is -2.62. The summed E-state index contributed by atoms with van der Waals surface area (Å²) in [6.45, 7) is 8.41. The molecular formula is C15H26O3. The molecule has 0 aromatic heterocycles. The van der Waals surface area contributed by atoms with Gasteiger partial charge in [0.2, 0.25) is 0 Å². The van der Waals surface area contributed by atoms with Crippen molar-refractivity contribution in [2.45, 2.75) is 76.3 Å². The van der Waals surface area contributed by atoms with Gasteiger partial charge in [-0.3, -0.25) is 0 Å². The van der Waals surface area contributed by atoms with Crippen LogP contribution in [0.1, 0.15) is 53.4 Å². The van der Waals surface area contributed by atoms with Gasteiger partial charge in [0.1, 0.15) is 17.3 Å². The normalized spacial score (nSPS) is 59.2. The molecule has 104 valence electrons. The second-order valence-electron chi connectivity index (χ2n) is 7.37. The van der Waals surface area contributed by atoms with Gasteiger partial charge in [0.15, 0.2) is 0 Å². The van der Waals surface area contributed by atoms with E-state index in [-0.39, 0.29) is 5.60 Å². The third-order valence-corrected chi connectivity index (χ3v) is 6.03. The molecule has 2 saturated carbocycles. The highest BCUT2D eigenvalue weighted by Crippen LogP contribution is 2.71. The lowest BCUT2D eigenvalue weighted by atomic mass is 9.55. The van der Waals surface area contributed by atoms with Crippen LogP contribution in [0.2, 0.25) is 0 Å². The molecule has 0 bridgehead atoms. The van der Waals surface area contributed by atoms with Gasteiger partial charge in [-0.25, -0.2) is 0 Å². The Labute approximate surface area is 110 Å². The summed E-state index contributed by atoms with van der Waals surface area (Å²) in [4.78, 5) is 0. The van der Waals surface area contributed by atoms with Crippen molar-refractivity contribution in [1.82, 2.24) is 0 Å². The number of aliphatic hydroxyl groups excluding tert-OH is 1. The van der Waals surface area contributed by atoms with Crippen LogP contribution in [0.4, 0.5) is 0 Å². The predicted octanol–water partition coefficient (Wildman–Crippen LogP) is 2.10. The first kappa shape index (κ1) is 12.9. The summed E-state index contributed by atoms with van der Waals surface area (Å²) in [6.07, 6.45) is 3.08. The largest absolute Gasteiger partial charge is 0.387 e.